The number of ether oxygens (including phenoxy) is 2. The number of primary amides is 1. The highest BCUT2D eigenvalue weighted by Crippen LogP contribution is 2.28. The van der Waals surface area contributed by atoms with Crippen LogP contribution in [-0.4, -0.2) is 79.6 Å². The predicted molar refractivity (Wildman–Crippen MR) is 193 cm³/mol. The summed E-state index contributed by atoms with van der Waals surface area (Å²) in [6, 6.07) is 16.3. The van der Waals surface area contributed by atoms with E-state index in [-0.39, 0.29) is 43.9 Å². The van der Waals surface area contributed by atoms with Gasteiger partial charge in [0.05, 0.1) is 20.3 Å². The first kappa shape index (κ1) is 39.6. The zero-order valence-electron chi connectivity index (χ0n) is 28.8. The number of methoxy groups -OCH3 is 2. The summed E-state index contributed by atoms with van der Waals surface area (Å²) in [4.78, 5) is 57.4. The van der Waals surface area contributed by atoms with Crippen molar-refractivity contribution in [2.24, 2.45) is 27.9 Å². The lowest BCUT2D eigenvalue weighted by Gasteiger charge is -2.26. The van der Waals surface area contributed by atoms with Crippen LogP contribution in [-0.2, 0) is 38.4 Å². The van der Waals surface area contributed by atoms with E-state index in [1.165, 1.54) is 26.4 Å². The minimum Gasteiger partial charge on any atom is -0.508 e. The number of amides is 4. The molecule has 0 fully saturated rings. The third-order valence-corrected chi connectivity index (χ3v) is 8.05. The molecule has 0 saturated heterocycles. The maximum Gasteiger partial charge on any atom is 0.243 e. The summed E-state index contributed by atoms with van der Waals surface area (Å²) in [5, 5.41) is 17.7. The van der Waals surface area contributed by atoms with Gasteiger partial charge in [0.25, 0.3) is 0 Å². The maximum atomic E-state index is 13.9. The third kappa shape index (κ3) is 13.2. The Bertz CT molecular complexity index is 1630. The monoisotopic (exact) mass is 704 g/mol. The molecule has 0 saturated carbocycles. The highest BCUT2D eigenvalue weighted by molar-refractivity contribution is 5.94. The quantitative estimate of drug-likeness (QED) is 0.0448. The van der Waals surface area contributed by atoms with Gasteiger partial charge in [0.15, 0.2) is 17.5 Å². The molecule has 274 valence electrons. The van der Waals surface area contributed by atoms with Gasteiger partial charge in [-0.2, -0.15) is 0 Å². The Balaban J connectivity index is 1.85. The second-order valence-electron chi connectivity index (χ2n) is 11.9. The summed E-state index contributed by atoms with van der Waals surface area (Å²) in [7, 11) is 2.96. The van der Waals surface area contributed by atoms with Crippen molar-refractivity contribution in [3.05, 3.63) is 89.5 Å². The van der Waals surface area contributed by atoms with Gasteiger partial charge in [-0.15, -0.1) is 0 Å². The van der Waals surface area contributed by atoms with Crippen molar-refractivity contribution >= 4 is 29.6 Å². The number of hydrogen-bond acceptors (Lipinski definition) is 9. The molecule has 0 aliphatic carbocycles. The van der Waals surface area contributed by atoms with Gasteiger partial charge >= 0.3 is 0 Å². The first-order valence-electron chi connectivity index (χ1n) is 16.4. The van der Waals surface area contributed by atoms with Crippen molar-refractivity contribution in [2.75, 3.05) is 20.8 Å². The molecule has 4 amide bonds. The number of phenols is 1. The average Bonchev–Trinajstić information content (AvgIpc) is 3.11. The molecule has 0 spiro atoms. The molecule has 0 unspecified atom stereocenters. The molecule has 4 atom stereocenters. The van der Waals surface area contributed by atoms with Crippen LogP contribution in [0, 0.1) is 0 Å². The van der Waals surface area contributed by atoms with Crippen molar-refractivity contribution < 1.29 is 33.8 Å². The van der Waals surface area contributed by atoms with E-state index in [1.807, 2.05) is 30.3 Å². The summed E-state index contributed by atoms with van der Waals surface area (Å²) < 4.78 is 10.8. The third-order valence-electron chi connectivity index (χ3n) is 8.05. The van der Waals surface area contributed by atoms with Gasteiger partial charge in [-0.05, 0) is 73.1 Å². The van der Waals surface area contributed by atoms with Crippen LogP contribution in [0.4, 0.5) is 0 Å². The van der Waals surface area contributed by atoms with E-state index in [9.17, 15) is 24.3 Å². The van der Waals surface area contributed by atoms with Crippen LogP contribution in [0.1, 0.15) is 36.0 Å². The van der Waals surface area contributed by atoms with E-state index in [2.05, 4.69) is 20.9 Å². The number of carbonyl (C=O) groups is 4. The second-order valence-corrected chi connectivity index (χ2v) is 11.9. The average molecular weight is 705 g/mol. The molecule has 0 aliphatic rings. The standard InChI is InChI=1S/C36H48N8O7/c1-50-30-17-13-24(21-31(30)51-2)20-29(35(49)42-27(32(38)46)16-12-22-7-4-3-5-8-22)44-34(48)28(9-6-18-41-36(39)40)43-33(47)26(37)19-23-10-14-25(45)15-11-23/h3-5,7-8,10-11,13-15,17,21,26-29,45H,6,9,12,16,18-20,37H2,1-2H3,(H2,38,46)(H,42,49)(H,43,47)(H,44,48)(H4,39,40,41)/t26-,27-,28+,29-/m0/s1. The molecule has 0 radical (unpaired) electrons. The SMILES string of the molecule is COc1ccc(C[C@H](NC(=O)[C@@H](CCCN=C(N)N)NC(=O)[C@@H](N)Cc2ccc(O)cc2)C(=O)N[C@@H](CCc2ccccc2)C(N)=O)cc1OC. The number of aryl methyl sites for hydroxylation is 1. The molecule has 0 aliphatic heterocycles. The van der Waals surface area contributed by atoms with E-state index in [0.717, 1.165) is 5.56 Å². The lowest BCUT2D eigenvalue weighted by atomic mass is 10.0. The van der Waals surface area contributed by atoms with Crippen molar-refractivity contribution in [1.29, 1.82) is 0 Å². The van der Waals surface area contributed by atoms with Gasteiger partial charge in [0, 0.05) is 13.0 Å². The Kier molecular flexibility index (Phi) is 15.5. The number of phenolic OH excluding ortho intramolecular Hbond substituents is 1. The maximum absolute atomic E-state index is 13.9. The predicted octanol–water partition coefficient (Wildman–Crippen LogP) is 0.148. The fourth-order valence-electron chi connectivity index (χ4n) is 5.27. The molecule has 51 heavy (non-hydrogen) atoms. The molecule has 0 bridgehead atoms. The van der Waals surface area contributed by atoms with E-state index >= 15 is 0 Å². The van der Waals surface area contributed by atoms with E-state index in [4.69, 9.17) is 32.4 Å². The Hall–Kier alpha value is -5.83. The Morgan fingerprint density at radius 3 is 1.94 bits per heavy atom. The van der Waals surface area contributed by atoms with Crippen molar-refractivity contribution in [3.8, 4) is 17.2 Å². The minimum atomic E-state index is -1.21. The zero-order chi connectivity index (χ0) is 37.3. The molecule has 15 heteroatoms. The number of nitrogens with zero attached hydrogens (tertiary/aromatic N) is 1. The lowest BCUT2D eigenvalue weighted by Crippen LogP contribution is -2.58. The number of nitrogens with two attached hydrogens (primary N) is 4. The van der Waals surface area contributed by atoms with Crippen molar-refractivity contribution in [1.82, 2.24) is 16.0 Å². The van der Waals surface area contributed by atoms with Crippen LogP contribution < -0.4 is 48.4 Å². The smallest absolute Gasteiger partial charge is 0.243 e. The van der Waals surface area contributed by atoms with Gasteiger partial charge in [-0.3, -0.25) is 24.2 Å². The minimum absolute atomic E-state index is 0.0167. The van der Waals surface area contributed by atoms with Crippen LogP contribution in [0.15, 0.2) is 77.8 Å². The number of rotatable bonds is 20. The number of guanidine groups is 1. The second kappa shape index (κ2) is 20.0. The largest absolute Gasteiger partial charge is 0.508 e. The normalized spacial score (nSPS) is 13.1. The number of aromatic hydroxyl groups is 1. The molecular formula is C36H48N8O7. The number of benzene rings is 3. The summed E-state index contributed by atoms with van der Waals surface area (Å²) in [6.45, 7) is 0.179. The molecule has 0 heterocycles. The van der Waals surface area contributed by atoms with Gasteiger partial charge < -0.3 is 53.5 Å². The van der Waals surface area contributed by atoms with E-state index in [1.54, 1.807) is 30.3 Å². The molecule has 3 rings (SSSR count). The van der Waals surface area contributed by atoms with Gasteiger partial charge in [-0.1, -0.05) is 48.5 Å². The molecule has 15 nitrogen and oxygen atoms in total. The molecule has 12 N–H and O–H groups in total. The molecule has 0 aromatic heterocycles. The van der Waals surface area contributed by atoms with Crippen LogP contribution in [0.2, 0.25) is 0 Å². The summed E-state index contributed by atoms with van der Waals surface area (Å²) in [6.07, 6.45) is 1.22. The van der Waals surface area contributed by atoms with Crippen molar-refractivity contribution in [3.63, 3.8) is 0 Å². The number of carbonyl (C=O) groups excluding carboxylic acids is 4. The highest BCUT2D eigenvalue weighted by Gasteiger charge is 2.30. The zero-order valence-corrected chi connectivity index (χ0v) is 28.8. The summed E-state index contributed by atoms with van der Waals surface area (Å²) in [5.41, 5.74) is 25.0. The fraction of sp³-hybridized carbons (Fsp3) is 0.361. The Morgan fingerprint density at radius 2 is 1.31 bits per heavy atom. The van der Waals surface area contributed by atoms with E-state index in [0.29, 0.717) is 35.5 Å². The van der Waals surface area contributed by atoms with Crippen LogP contribution in [0.3, 0.4) is 0 Å². The van der Waals surface area contributed by atoms with Crippen LogP contribution >= 0.6 is 0 Å². The van der Waals surface area contributed by atoms with Crippen LogP contribution in [0.5, 0.6) is 17.2 Å². The Labute approximate surface area is 297 Å². The molecule has 3 aromatic carbocycles. The number of nitrogens with one attached hydrogen (secondary N) is 3. The topological polar surface area (TPSA) is 260 Å². The first-order chi connectivity index (χ1) is 24.4. The lowest BCUT2D eigenvalue weighted by molar-refractivity contribution is -0.133. The molecule has 3 aromatic rings. The highest BCUT2D eigenvalue weighted by atomic mass is 16.5. The van der Waals surface area contributed by atoms with Crippen LogP contribution in [0.25, 0.3) is 0 Å². The number of hydrogen-bond donors (Lipinski definition) is 8. The van der Waals surface area contributed by atoms with Gasteiger partial charge in [-0.25, -0.2) is 0 Å². The first-order valence-corrected chi connectivity index (χ1v) is 16.4. The number of aliphatic imine (C=N–C) groups is 1. The molecular weight excluding hydrogens is 656 g/mol. The summed E-state index contributed by atoms with van der Waals surface area (Å²) >= 11 is 0. The van der Waals surface area contributed by atoms with E-state index < -0.39 is 47.8 Å². The van der Waals surface area contributed by atoms with Gasteiger partial charge in [0.1, 0.15) is 23.9 Å². The van der Waals surface area contributed by atoms with Gasteiger partial charge in [0.2, 0.25) is 23.6 Å². The van der Waals surface area contributed by atoms with Crippen molar-refractivity contribution in [2.45, 2.75) is 62.7 Å². The Morgan fingerprint density at radius 1 is 0.706 bits per heavy atom. The fourth-order valence-corrected chi connectivity index (χ4v) is 5.27. The summed E-state index contributed by atoms with van der Waals surface area (Å²) in [5.74, 6) is -1.86.